The fourth-order valence-electron chi connectivity index (χ4n) is 1.07. The van der Waals surface area contributed by atoms with Gasteiger partial charge in [0.25, 0.3) is 0 Å². The largest absolute Gasteiger partial charge is 0.324 e. The molecule has 0 aliphatic carbocycles. The lowest BCUT2D eigenvalue weighted by atomic mass is 10.1. The van der Waals surface area contributed by atoms with E-state index in [1.165, 1.54) is 0 Å². The highest BCUT2D eigenvalue weighted by Gasteiger charge is 2.12. The Labute approximate surface area is 89.5 Å². The Bertz CT molecular complexity index is 278. The van der Waals surface area contributed by atoms with Gasteiger partial charge in [0.15, 0.2) is 0 Å². The standard InChI is InChI=1S/C9H10F2IN/c10-9(11)5-8(13)6-2-1-3-7(12)4-6/h1-4,8-9H,5,13H2/t8-/m1/s1. The Balaban J connectivity index is 2.71. The molecular formula is C9H10F2IN. The van der Waals surface area contributed by atoms with Crippen molar-refractivity contribution in [2.45, 2.75) is 18.9 Å². The Morgan fingerprint density at radius 1 is 1.38 bits per heavy atom. The Morgan fingerprint density at radius 3 is 2.62 bits per heavy atom. The van der Waals surface area contributed by atoms with Gasteiger partial charge in [-0.05, 0) is 40.3 Å². The smallest absolute Gasteiger partial charge is 0.240 e. The van der Waals surface area contributed by atoms with Gasteiger partial charge < -0.3 is 5.73 Å². The maximum atomic E-state index is 12.0. The summed E-state index contributed by atoms with van der Waals surface area (Å²) in [4.78, 5) is 0. The van der Waals surface area contributed by atoms with E-state index >= 15 is 0 Å². The second-order valence-electron chi connectivity index (χ2n) is 2.79. The van der Waals surface area contributed by atoms with Gasteiger partial charge in [0.2, 0.25) is 6.43 Å². The lowest BCUT2D eigenvalue weighted by molar-refractivity contribution is 0.128. The van der Waals surface area contributed by atoms with Crippen molar-refractivity contribution >= 4 is 22.6 Å². The summed E-state index contributed by atoms with van der Waals surface area (Å²) in [5.41, 5.74) is 6.35. The number of hydrogen-bond acceptors (Lipinski definition) is 1. The number of nitrogens with two attached hydrogens (primary N) is 1. The van der Waals surface area contributed by atoms with Gasteiger partial charge in [-0.25, -0.2) is 8.78 Å². The SMILES string of the molecule is N[C@H](CC(F)F)c1cccc(I)c1. The summed E-state index contributed by atoms with van der Waals surface area (Å²) in [5.74, 6) is 0. The van der Waals surface area contributed by atoms with Crippen molar-refractivity contribution in [2.24, 2.45) is 5.73 Å². The number of alkyl halides is 2. The van der Waals surface area contributed by atoms with Gasteiger partial charge in [0, 0.05) is 16.0 Å². The van der Waals surface area contributed by atoms with Gasteiger partial charge in [-0.1, -0.05) is 12.1 Å². The van der Waals surface area contributed by atoms with Crippen molar-refractivity contribution in [3.8, 4) is 0 Å². The second-order valence-corrected chi connectivity index (χ2v) is 4.03. The average molecular weight is 297 g/mol. The molecule has 1 aromatic rings. The summed E-state index contributed by atoms with van der Waals surface area (Å²) in [5, 5.41) is 0. The molecule has 1 atom stereocenters. The van der Waals surface area contributed by atoms with Crippen LogP contribution in [0.3, 0.4) is 0 Å². The Hall–Kier alpha value is -0.230. The van der Waals surface area contributed by atoms with E-state index in [9.17, 15) is 8.78 Å². The zero-order valence-corrected chi connectivity index (χ0v) is 9.04. The molecule has 13 heavy (non-hydrogen) atoms. The minimum absolute atomic E-state index is 0.278. The molecule has 0 saturated carbocycles. The van der Waals surface area contributed by atoms with Crippen LogP contribution in [0.15, 0.2) is 24.3 Å². The summed E-state index contributed by atoms with van der Waals surface area (Å²) in [6, 6.07) is 6.76. The minimum Gasteiger partial charge on any atom is -0.324 e. The molecule has 0 bridgehead atoms. The predicted molar refractivity (Wildman–Crippen MR) is 56.7 cm³/mol. The molecule has 2 N–H and O–H groups in total. The molecule has 72 valence electrons. The van der Waals surface area contributed by atoms with Crippen LogP contribution in [0.2, 0.25) is 0 Å². The van der Waals surface area contributed by atoms with Crippen molar-refractivity contribution in [1.29, 1.82) is 0 Å². The van der Waals surface area contributed by atoms with E-state index in [1.807, 2.05) is 18.2 Å². The zero-order valence-electron chi connectivity index (χ0n) is 6.88. The van der Waals surface area contributed by atoms with Crippen LogP contribution in [-0.2, 0) is 0 Å². The molecule has 0 saturated heterocycles. The van der Waals surface area contributed by atoms with Crippen LogP contribution in [0.4, 0.5) is 8.78 Å². The molecule has 0 heterocycles. The van der Waals surface area contributed by atoms with Gasteiger partial charge in [-0.2, -0.15) is 0 Å². The predicted octanol–water partition coefficient (Wildman–Crippen LogP) is 2.95. The van der Waals surface area contributed by atoms with Gasteiger partial charge in [-0.3, -0.25) is 0 Å². The molecule has 1 rings (SSSR count). The third-order valence-corrected chi connectivity index (χ3v) is 2.38. The number of halogens is 3. The highest BCUT2D eigenvalue weighted by molar-refractivity contribution is 14.1. The molecule has 0 radical (unpaired) electrons. The lowest BCUT2D eigenvalue weighted by Gasteiger charge is -2.11. The minimum atomic E-state index is -2.34. The lowest BCUT2D eigenvalue weighted by Crippen LogP contribution is -2.13. The van der Waals surface area contributed by atoms with Gasteiger partial charge in [0.05, 0.1) is 0 Å². The molecule has 0 aliphatic heterocycles. The van der Waals surface area contributed by atoms with E-state index < -0.39 is 12.5 Å². The van der Waals surface area contributed by atoms with E-state index in [0.29, 0.717) is 0 Å². The summed E-state index contributed by atoms with van der Waals surface area (Å²) in [7, 11) is 0. The molecule has 1 nitrogen and oxygen atoms in total. The fourth-order valence-corrected chi connectivity index (χ4v) is 1.63. The van der Waals surface area contributed by atoms with Crippen LogP contribution in [0.25, 0.3) is 0 Å². The third-order valence-electron chi connectivity index (χ3n) is 1.71. The second kappa shape index (κ2) is 4.85. The molecular weight excluding hydrogens is 287 g/mol. The van der Waals surface area contributed by atoms with Gasteiger partial charge >= 0.3 is 0 Å². The average Bonchev–Trinajstić information content (AvgIpc) is 2.03. The highest BCUT2D eigenvalue weighted by atomic mass is 127. The highest BCUT2D eigenvalue weighted by Crippen LogP contribution is 2.19. The van der Waals surface area contributed by atoms with Gasteiger partial charge in [0.1, 0.15) is 0 Å². The maximum Gasteiger partial charge on any atom is 0.240 e. The van der Waals surface area contributed by atoms with E-state index in [-0.39, 0.29) is 6.42 Å². The first-order chi connectivity index (χ1) is 6.09. The van der Waals surface area contributed by atoms with Crippen LogP contribution >= 0.6 is 22.6 Å². The number of benzene rings is 1. The maximum absolute atomic E-state index is 12.0. The van der Waals surface area contributed by atoms with Crippen molar-refractivity contribution in [3.05, 3.63) is 33.4 Å². The van der Waals surface area contributed by atoms with Gasteiger partial charge in [-0.15, -0.1) is 0 Å². The molecule has 4 heteroatoms. The summed E-state index contributed by atoms with van der Waals surface area (Å²) >= 11 is 2.13. The quantitative estimate of drug-likeness (QED) is 0.853. The van der Waals surface area contributed by atoms with Crippen LogP contribution < -0.4 is 5.73 Å². The van der Waals surface area contributed by atoms with Crippen molar-refractivity contribution in [1.82, 2.24) is 0 Å². The molecule has 0 amide bonds. The molecule has 0 unspecified atom stereocenters. The monoisotopic (exact) mass is 297 g/mol. The van der Waals surface area contributed by atoms with Crippen LogP contribution in [0.1, 0.15) is 18.0 Å². The molecule has 0 aliphatic rings. The van der Waals surface area contributed by atoms with Crippen molar-refractivity contribution < 1.29 is 8.78 Å². The third kappa shape index (κ3) is 3.56. The zero-order chi connectivity index (χ0) is 9.84. The molecule has 0 aromatic heterocycles. The van der Waals surface area contributed by atoms with E-state index in [1.54, 1.807) is 6.07 Å². The summed E-state index contributed by atoms with van der Waals surface area (Å²) in [6.07, 6.45) is -2.62. The van der Waals surface area contributed by atoms with E-state index in [0.717, 1.165) is 9.13 Å². The van der Waals surface area contributed by atoms with Crippen LogP contribution in [0, 0.1) is 3.57 Å². The summed E-state index contributed by atoms with van der Waals surface area (Å²) < 4.78 is 25.0. The summed E-state index contributed by atoms with van der Waals surface area (Å²) in [6.45, 7) is 0. The number of rotatable bonds is 3. The van der Waals surface area contributed by atoms with Crippen molar-refractivity contribution in [3.63, 3.8) is 0 Å². The number of hydrogen-bond donors (Lipinski definition) is 1. The van der Waals surface area contributed by atoms with E-state index in [4.69, 9.17) is 5.73 Å². The molecule has 1 aromatic carbocycles. The van der Waals surface area contributed by atoms with Crippen molar-refractivity contribution in [2.75, 3.05) is 0 Å². The molecule has 0 fully saturated rings. The van der Waals surface area contributed by atoms with Crippen LogP contribution in [0.5, 0.6) is 0 Å². The van der Waals surface area contributed by atoms with Crippen LogP contribution in [-0.4, -0.2) is 6.43 Å². The molecule has 0 spiro atoms. The fraction of sp³-hybridized carbons (Fsp3) is 0.333. The topological polar surface area (TPSA) is 26.0 Å². The Kier molecular flexibility index (Phi) is 4.05. The first-order valence-corrected chi connectivity index (χ1v) is 4.96. The van der Waals surface area contributed by atoms with E-state index in [2.05, 4.69) is 22.6 Å². The normalized spacial score (nSPS) is 13.3. The first kappa shape index (κ1) is 10.8. The Morgan fingerprint density at radius 2 is 2.08 bits per heavy atom. The first-order valence-electron chi connectivity index (χ1n) is 3.89.